The van der Waals surface area contributed by atoms with Crippen LogP contribution in [0.5, 0.6) is 5.75 Å². The van der Waals surface area contributed by atoms with Crippen LogP contribution in [0.4, 0.5) is 0 Å². The molecular weight excluding hydrogens is 382 g/mol. The number of hydrogen-bond acceptors (Lipinski definition) is 5. The molecule has 0 unspecified atom stereocenters. The molecule has 160 valence electrons. The van der Waals surface area contributed by atoms with Crippen LogP contribution < -0.4 is 10.4 Å². The molecule has 6 nitrogen and oxygen atoms in total. The van der Waals surface area contributed by atoms with E-state index in [-0.39, 0.29) is 24.1 Å². The van der Waals surface area contributed by atoms with Crippen molar-refractivity contribution in [3.63, 3.8) is 0 Å². The summed E-state index contributed by atoms with van der Waals surface area (Å²) in [6, 6.07) is 3.82. The molecule has 0 bridgehead atoms. The lowest BCUT2D eigenvalue weighted by molar-refractivity contribution is -0.145. The maximum Gasteiger partial charge on any atom is 0.339 e. The van der Waals surface area contributed by atoms with E-state index in [0.717, 1.165) is 67.0 Å². The molecule has 2 fully saturated rings. The minimum absolute atomic E-state index is 0.0489. The second-order valence-electron chi connectivity index (χ2n) is 9.19. The third-order valence-electron chi connectivity index (χ3n) is 7.47. The van der Waals surface area contributed by atoms with Crippen molar-refractivity contribution < 1.29 is 19.1 Å². The standard InChI is InChI=1S/C24H29NO5/c1-15-20(9-8-18-17-6-4-7-19(17)23(27)30-22(15)18)29-14-21(26)25-12-11-24(28)10-3-2-5-16(24)13-25/h8-9,16,28H,2-7,10-14H2,1H3/t16-,24-/m1/s1. The summed E-state index contributed by atoms with van der Waals surface area (Å²) in [6.45, 7) is 3.01. The van der Waals surface area contributed by atoms with E-state index in [1.807, 2.05) is 24.0 Å². The Morgan fingerprint density at radius 2 is 2.07 bits per heavy atom. The van der Waals surface area contributed by atoms with Crippen LogP contribution in [0.25, 0.3) is 11.0 Å². The van der Waals surface area contributed by atoms with Gasteiger partial charge in [0.1, 0.15) is 11.3 Å². The Balaban J connectivity index is 1.31. The molecular formula is C24H29NO5. The first kappa shape index (κ1) is 19.6. The Hall–Kier alpha value is -2.34. The largest absolute Gasteiger partial charge is 0.483 e. The van der Waals surface area contributed by atoms with Gasteiger partial charge in [0.25, 0.3) is 5.91 Å². The SMILES string of the molecule is Cc1c(OCC(=O)N2CC[C@]3(O)CCCC[C@@H]3C2)ccc2c3c(c(=O)oc12)CCC3. The molecule has 2 heterocycles. The highest BCUT2D eigenvalue weighted by molar-refractivity contribution is 5.86. The molecule has 6 heteroatoms. The quantitative estimate of drug-likeness (QED) is 0.785. The van der Waals surface area contributed by atoms with Crippen molar-refractivity contribution in [3.05, 3.63) is 39.2 Å². The number of carbonyl (C=O) groups excluding carboxylic acids is 1. The molecule has 1 aromatic carbocycles. The van der Waals surface area contributed by atoms with Crippen molar-refractivity contribution in [2.24, 2.45) is 5.92 Å². The van der Waals surface area contributed by atoms with Gasteiger partial charge in [0.2, 0.25) is 0 Å². The number of nitrogens with zero attached hydrogens (tertiary/aromatic N) is 1. The van der Waals surface area contributed by atoms with Gasteiger partial charge in [0.05, 0.1) is 5.60 Å². The second kappa shape index (κ2) is 7.41. The average Bonchev–Trinajstić information content (AvgIpc) is 3.24. The Morgan fingerprint density at radius 1 is 1.23 bits per heavy atom. The van der Waals surface area contributed by atoms with Crippen LogP contribution in [-0.4, -0.2) is 41.2 Å². The predicted octanol–water partition coefficient (Wildman–Crippen LogP) is 3.12. The molecule has 0 radical (unpaired) electrons. The highest BCUT2D eigenvalue weighted by Crippen LogP contribution is 2.40. The molecule has 1 aliphatic heterocycles. The van der Waals surface area contributed by atoms with E-state index in [9.17, 15) is 14.7 Å². The first-order chi connectivity index (χ1) is 14.5. The van der Waals surface area contributed by atoms with Crippen molar-refractivity contribution in [1.29, 1.82) is 0 Å². The van der Waals surface area contributed by atoms with Crippen molar-refractivity contribution in [3.8, 4) is 5.75 Å². The topological polar surface area (TPSA) is 80.0 Å². The van der Waals surface area contributed by atoms with Crippen molar-refractivity contribution in [2.45, 2.75) is 63.9 Å². The van der Waals surface area contributed by atoms with Gasteiger partial charge >= 0.3 is 5.63 Å². The van der Waals surface area contributed by atoms with Crippen LogP contribution in [0.3, 0.4) is 0 Å². The van der Waals surface area contributed by atoms with Crippen LogP contribution in [0.15, 0.2) is 21.3 Å². The smallest absolute Gasteiger partial charge is 0.339 e. The maximum atomic E-state index is 12.8. The molecule has 1 amide bonds. The van der Waals surface area contributed by atoms with E-state index in [0.29, 0.717) is 30.8 Å². The Morgan fingerprint density at radius 3 is 2.93 bits per heavy atom. The normalized spacial score (nSPS) is 25.8. The monoisotopic (exact) mass is 411 g/mol. The number of aliphatic hydroxyl groups is 1. The van der Waals surface area contributed by atoms with Gasteiger partial charge in [-0.2, -0.15) is 0 Å². The molecule has 1 aromatic heterocycles. The molecule has 0 spiro atoms. The molecule has 1 saturated carbocycles. The van der Waals surface area contributed by atoms with E-state index < -0.39 is 5.60 Å². The number of ether oxygens (including phenoxy) is 1. The van der Waals surface area contributed by atoms with E-state index >= 15 is 0 Å². The zero-order chi connectivity index (χ0) is 20.9. The number of amides is 1. The highest BCUT2D eigenvalue weighted by atomic mass is 16.5. The van der Waals surface area contributed by atoms with Gasteiger partial charge in [-0.05, 0) is 63.1 Å². The lowest BCUT2D eigenvalue weighted by Gasteiger charge is -2.47. The number of piperidine rings is 1. The van der Waals surface area contributed by atoms with Crippen LogP contribution in [0.2, 0.25) is 0 Å². The van der Waals surface area contributed by atoms with E-state index in [1.54, 1.807) is 0 Å². The predicted molar refractivity (Wildman–Crippen MR) is 113 cm³/mol. The summed E-state index contributed by atoms with van der Waals surface area (Å²) in [5, 5.41) is 11.8. The van der Waals surface area contributed by atoms with Gasteiger partial charge in [-0.1, -0.05) is 12.8 Å². The fourth-order valence-electron chi connectivity index (χ4n) is 5.65. The number of aryl methyl sites for hydroxylation is 2. The number of fused-ring (bicyclic) bond motifs is 4. The Kier molecular flexibility index (Phi) is 4.85. The molecule has 3 aliphatic rings. The molecule has 2 aliphatic carbocycles. The minimum atomic E-state index is -0.595. The zero-order valence-corrected chi connectivity index (χ0v) is 17.5. The fourth-order valence-corrected chi connectivity index (χ4v) is 5.65. The first-order valence-corrected chi connectivity index (χ1v) is 11.2. The van der Waals surface area contributed by atoms with Crippen molar-refractivity contribution in [2.75, 3.05) is 19.7 Å². The summed E-state index contributed by atoms with van der Waals surface area (Å²) < 4.78 is 11.5. The molecule has 2 aromatic rings. The number of rotatable bonds is 3. The fraction of sp³-hybridized carbons (Fsp3) is 0.583. The lowest BCUT2D eigenvalue weighted by atomic mass is 9.71. The summed E-state index contributed by atoms with van der Waals surface area (Å²) in [4.78, 5) is 26.9. The summed E-state index contributed by atoms with van der Waals surface area (Å²) in [7, 11) is 0. The third kappa shape index (κ3) is 3.22. The van der Waals surface area contributed by atoms with Crippen molar-refractivity contribution >= 4 is 16.9 Å². The van der Waals surface area contributed by atoms with Crippen LogP contribution >= 0.6 is 0 Å². The van der Waals surface area contributed by atoms with E-state index in [2.05, 4.69) is 0 Å². The average molecular weight is 411 g/mol. The number of carbonyl (C=O) groups is 1. The van der Waals surface area contributed by atoms with Gasteiger partial charge in [-0.25, -0.2) is 4.79 Å². The van der Waals surface area contributed by atoms with Gasteiger partial charge in [-0.15, -0.1) is 0 Å². The summed E-state index contributed by atoms with van der Waals surface area (Å²) in [6.07, 6.45) is 7.34. The van der Waals surface area contributed by atoms with Gasteiger partial charge in [0, 0.05) is 35.5 Å². The number of benzene rings is 1. The van der Waals surface area contributed by atoms with Crippen LogP contribution in [0.1, 0.15) is 55.2 Å². The van der Waals surface area contributed by atoms with Gasteiger partial charge in [-0.3, -0.25) is 4.79 Å². The third-order valence-corrected chi connectivity index (χ3v) is 7.47. The summed E-state index contributed by atoms with van der Waals surface area (Å²) >= 11 is 0. The summed E-state index contributed by atoms with van der Waals surface area (Å²) in [5.41, 5.74) is 2.38. The van der Waals surface area contributed by atoms with Gasteiger partial charge in [0.15, 0.2) is 6.61 Å². The Labute approximate surface area is 175 Å². The van der Waals surface area contributed by atoms with E-state index in [1.165, 1.54) is 0 Å². The zero-order valence-electron chi connectivity index (χ0n) is 17.5. The maximum absolute atomic E-state index is 12.8. The lowest BCUT2D eigenvalue weighted by Crippen LogP contribution is -2.55. The molecule has 1 saturated heterocycles. The molecule has 5 rings (SSSR count). The van der Waals surface area contributed by atoms with Crippen LogP contribution in [-0.2, 0) is 17.6 Å². The molecule has 2 atom stereocenters. The van der Waals surface area contributed by atoms with E-state index in [4.69, 9.17) is 9.15 Å². The summed E-state index contributed by atoms with van der Waals surface area (Å²) in [5.74, 6) is 0.684. The molecule has 1 N–H and O–H groups in total. The van der Waals surface area contributed by atoms with Crippen molar-refractivity contribution in [1.82, 2.24) is 4.90 Å². The van der Waals surface area contributed by atoms with Gasteiger partial charge < -0.3 is 19.2 Å². The number of likely N-dealkylation sites (tertiary alicyclic amines) is 1. The first-order valence-electron chi connectivity index (χ1n) is 11.2. The second-order valence-corrected chi connectivity index (χ2v) is 9.19. The van der Waals surface area contributed by atoms with Crippen LogP contribution in [0, 0.1) is 12.8 Å². The number of hydrogen-bond donors (Lipinski definition) is 1. The highest BCUT2D eigenvalue weighted by Gasteiger charge is 2.43. The molecule has 30 heavy (non-hydrogen) atoms. The minimum Gasteiger partial charge on any atom is -0.483 e. The Bertz CT molecular complexity index is 1060.